The van der Waals surface area contributed by atoms with Crippen molar-refractivity contribution in [2.24, 2.45) is 11.8 Å². The van der Waals surface area contributed by atoms with Crippen LogP contribution in [0, 0.1) is 33.3 Å². The van der Waals surface area contributed by atoms with Gasteiger partial charge in [0.2, 0.25) is 0 Å². The maximum Gasteiger partial charge on any atom is 0.308 e. The average molecular weight is 276 g/mol. The number of aliphatic carboxylic acids is 1. The van der Waals surface area contributed by atoms with Crippen molar-refractivity contribution in [3.8, 4) is 6.07 Å². The van der Waals surface area contributed by atoms with E-state index in [9.17, 15) is 14.9 Å². The van der Waals surface area contributed by atoms with Crippen LogP contribution in [0.15, 0.2) is 12.3 Å². The highest BCUT2D eigenvalue weighted by Gasteiger charge is 2.36. The van der Waals surface area contributed by atoms with Gasteiger partial charge in [0.25, 0.3) is 5.69 Å². The van der Waals surface area contributed by atoms with Gasteiger partial charge >= 0.3 is 5.97 Å². The van der Waals surface area contributed by atoms with Gasteiger partial charge in [0, 0.05) is 19.2 Å². The maximum absolute atomic E-state index is 11.1. The van der Waals surface area contributed by atoms with Crippen LogP contribution >= 0.6 is 0 Å². The van der Waals surface area contributed by atoms with Gasteiger partial charge in [-0.15, -0.1) is 0 Å². The molecule has 0 saturated carbocycles. The van der Waals surface area contributed by atoms with E-state index < -0.39 is 16.8 Å². The standard InChI is InChI=1S/C12H12N4O4/c1-7-5-15(6-10(7)12(17)18)11-8(3-13)2-9(4-14-11)16(19)20/h2,4,7,10H,5-6H2,1H3,(H,17,18). The zero-order valence-corrected chi connectivity index (χ0v) is 10.7. The molecule has 2 unspecified atom stereocenters. The van der Waals surface area contributed by atoms with Gasteiger partial charge in [-0.3, -0.25) is 14.9 Å². The highest BCUT2D eigenvalue weighted by atomic mass is 16.6. The SMILES string of the molecule is CC1CN(c2ncc([N+](=O)[O-])cc2C#N)CC1C(=O)O. The van der Waals surface area contributed by atoms with Crippen molar-refractivity contribution in [3.63, 3.8) is 0 Å². The molecule has 0 aliphatic carbocycles. The molecule has 104 valence electrons. The van der Waals surface area contributed by atoms with Crippen LogP contribution in [0.3, 0.4) is 0 Å². The van der Waals surface area contributed by atoms with Gasteiger partial charge < -0.3 is 10.0 Å². The monoisotopic (exact) mass is 276 g/mol. The van der Waals surface area contributed by atoms with Crippen molar-refractivity contribution in [3.05, 3.63) is 27.9 Å². The number of nitriles is 1. The molecule has 1 N–H and O–H groups in total. The molecule has 8 heteroatoms. The summed E-state index contributed by atoms with van der Waals surface area (Å²) in [7, 11) is 0. The fourth-order valence-electron chi connectivity index (χ4n) is 2.34. The van der Waals surface area contributed by atoms with E-state index in [2.05, 4.69) is 4.98 Å². The molecule has 2 rings (SSSR count). The van der Waals surface area contributed by atoms with Gasteiger partial charge in [-0.2, -0.15) is 5.26 Å². The Morgan fingerprint density at radius 2 is 2.35 bits per heavy atom. The predicted octanol–water partition coefficient (Wildman–Crippen LogP) is 1.02. The summed E-state index contributed by atoms with van der Waals surface area (Å²) in [4.78, 5) is 26.8. The van der Waals surface area contributed by atoms with Crippen molar-refractivity contribution in [1.29, 1.82) is 5.26 Å². The second-order valence-corrected chi connectivity index (χ2v) is 4.76. The third-order valence-corrected chi connectivity index (χ3v) is 3.41. The molecule has 20 heavy (non-hydrogen) atoms. The largest absolute Gasteiger partial charge is 0.481 e. The molecule has 1 fully saturated rings. The Morgan fingerprint density at radius 1 is 1.65 bits per heavy atom. The highest BCUT2D eigenvalue weighted by Crippen LogP contribution is 2.30. The molecule has 1 aromatic rings. The fraction of sp³-hybridized carbons (Fsp3) is 0.417. The first-order valence-electron chi connectivity index (χ1n) is 5.96. The molecule has 0 spiro atoms. The molecule has 0 bridgehead atoms. The van der Waals surface area contributed by atoms with Crippen LogP contribution in [0.25, 0.3) is 0 Å². The lowest BCUT2D eigenvalue weighted by atomic mass is 9.99. The van der Waals surface area contributed by atoms with E-state index in [0.29, 0.717) is 12.4 Å². The number of anilines is 1. The number of carbonyl (C=O) groups is 1. The molecule has 2 heterocycles. The van der Waals surface area contributed by atoms with E-state index in [4.69, 9.17) is 10.4 Å². The molecule has 0 aromatic carbocycles. The Labute approximate surface area is 114 Å². The summed E-state index contributed by atoms with van der Waals surface area (Å²) in [5.41, 5.74) is -0.176. The minimum Gasteiger partial charge on any atom is -0.481 e. The summed E-state index contributed by atoms with van der Waals surface area (Å²) < 4.78 is 0. The molecule has 0 amide bonds. The first kappa shape index (κ1) is 13.7. The topological polar surface area (TPSA) is 120 Å². The summed E-state index contributed by atoms with van der Waals surface area (Å²) in [5, 5.41) is 28.8. The number of hydrogen-bond acceptors (Lipinski definition) is 6. The number of carboxylic acid groups (broad SMARTS) is 1. The number of nitrogens with zero attached hydrogens (tertiary/aromatic N) is 4. The van der Waals surface area contributed by atoms with E-state index in [-0.39, 0.29) is 23.7 Å². The zero-order chi connectivity index (χ0) is 14.9. The van der Waals surface area contributed by atoms with Gasteiger partial charge in [0.05, 0.1) is 10.8 Å². The van der Waals surface area contributed by atoms with Crippen molar-refractivity contribution in [2.45, 2.75) is 6.92 Å². The van der Waals surface area contributed by atoms with Crippen LogP contribution < -0.4 is 4.90 Å². The van der Waals surface area contributed by atoms with Gasteiger partial charge in [-0.25, -0.2) is 4.98 Å². The normalized spacial score (nSPS) is 21.5. The summed E-state index contributed by atoms with van der Waals surface area (Å²) in [6, 6.07) is 3.02. The maximum atomic E-state index is 11.1. The Morgan fingerprint density at radius 3 is 2.85 bits per heavy atom. The van der Waals surface area contributed by atoms with E-state index in [0.717, 1.165) is 12.3 Å². The molecular weight excluding hydrogens is 264 g/mol. The van der Waals surface area contributed by atoms with Gasteiger partial charge in [0.1, 0.15) is 23.6 Å². The van der Waals surface area contributed by atoms with Gasteiger partial charge in [-0.05, 0) is 5.92 Å². The fourth-order valence-corrected chi connectivity index (χ4v) is 2.34. The number of carboxylic acids is 1. The summed E-state index contributed by atoms with van der Waals surface area (Å²) in [6.07, 6.45) is 1.08. The quantitative estimate of drug-likeness (QED) is 0.646. The number of pyridine rings is 1. The summed E-state index contributed by atoms with van der Waals surface area (Å²) in [5.74, 6) is -1.19. The molecular formula is C12H12N4O4. The number of aromatic nitrogens is 1. The van der Waals surface area contributed by atoms with Crippen molar-refractivity contribution in [1.82, 2.24) is 4.98 Å². The Bertz CT molecular complexity index is 610. The molecule has 1 saturated heterocycles. The van der Waals surface area contributed by atoms with Crippen LogP contribution in [0.5, 0.6) is 0 Å². The molecule has 1 aliphatic rings. The Balaban J connectivity index is 2.33. The predicted molar refractivity (Wildman–Crippen MR) is 68.1 cm³/mol. The molecule has 1 aromatic heterocycles. The van der Waals surface area contributed by atoms with Crippen molar-refractivity contribution < 1.29 is 14.8 Å². The van der Waals surface area contributed by atoms with Crippen LogP contribution in [0.2, 0.25) is 0 Å². The van der Waals surface area contributed by atoms with Crippen molar-refractivity contribution in [2.75, 3.05) is 18.0 Å². The van der Waals surface area contributed by atoms with E-state index in [1.807, 2.05) is 13.0 Å². The number of hydrogen-bond donors (Lipinski definition) is 1. The van der Waals surface area contributed by atoms with Crippen LogP contribution in [-0.4, -0.2) is 34.1 Å². The van der Waals surface area contributed by atoms with E-state index in [1.54, 1.807) is 4.90 Å². The number of nitro groups is 1. The number of rotatable bonds is 3. The molecule has 1 aliphatic heterocycles. The molecule has 8 nitrogen and oxygen atoms in total. The highest BCUT2D eigenvalue weighted by molar-refractivity contribution is 5.73. The van der Waals surface area contributed by atoms with Gasteiger partial charge in [-0.1, -0.05) is 6.92 Å². The van der Waals surface area contributed by atoms with Crippen molar-refractivity contribution >= 4 is 17.5 Å². The second kappa shape index (κ2) is 5.13. The summed E-state index contributed by atoms with van der Waals surface area (Å²) >= 11 is 0. The van der Waals surface area contributed by atoms with Crippen LogP contribution in [0.4, 0.5) is 11.5 Å². The lowest BCUT2D eigenvalue weighted by Gasteiger charge is -2.17. The van der Waals surface area contributed by atoms with Crippen LogP contribution in [0.1, 0.15) is 12.5 Å². The third kappa shape index (κ3) is 2.38. The average Bonchev–Trinajstić information content (AvgIpc) is 2.80. The lowest BCUT2D eigenvalue weighted by Crippen LogP contribution is -2.24. The molecule has 0 radical (unpaired) electrons. The first-order chi connectivity index (χ1) is 9.43. The third-order valence-electron chi connectivity index (χ3n) is 3.41. The second-order valence-electron chi connectivity index (χ2n) is 4.76. The minimum absolute atomic E-state index is 0.0731. The Kier molecular flexibility index (Phi) is 3.52. The van der Waals surface area contributed by atoms with E-state index in [1.165, 1.54) is 0 Å². The van der Waals surface area contributed by atoms with Gasteiger partial charge in [0.15, 0.2) is 0 Å². The Hall–Kier alpha value is -2.69. The first-order valence-corrected chi connectivity index (χ1v) is 5.96. The summed E-state index contributed by atoms with van der Waals surface area (Å²) in [6.45, 7) is 2.52. The smallest absolute Gasteiger partial charge is 0.308 e. The zero-order valence-electron chi connectivity index (χ0n) is 10.7. The van der Waals surface area contributed by atoms with E-state index >= 15 is 0 Å². The van der Waals surface area contributed by atoms with Crippen LogP contribution in [-0.2, 0) is 4.79 Å². The minimum atomic E-state index is -0.889. The molecule has 2 atom stereocenters. The lowest BCUT2D eigenvalue weighted by molar-refractivity contribution is -0.385.